The zero-order chi connectivity index (χ0) is 20.4. The summed E-state index contributed by atoms with van der Waals surface area (Å²) in [5.41, 5.74) is 5.72. The van der Waals surface area contributed by atoms with E-state index in [0.717, 1.165) is 35.7 Å². The lowest BCUT2D eigenvalue weighted by Crippen LogP contribution is -2.25. The van der Waals surface area contributed by atoms with Crippen molar-refractivity contribution in [2.45, 2.75) is 6.42 Å². The molecule has 8 heteroatoms. The first-order valence-corrected chi connectivity index (χ1v) is 9.61. The average Bonchev–Trinajstić information content (AvgIpc) is 2.69. The lowest BCUT2D eigenvalue weighted by atomic mass is 10.1. The van der Waals surface area contributed by atoms with E-state index in [1.807, 2.05) is 62.6 Å². The molecule has 2 rings (SSSR count). The Kier molecular flexibility index (Phi) is 11.3. The van der Waals surface area contributed by atoms with Crippen molar-refractivity contribution in [2.75, 3.05) is 33.1 Å². The highest BCUT2D eigenvalue weighted by Crippen LogP contribution is 2.14. The lowest BCUT2D eigenvalue weighted by molar-refractivity contribution is 0.415. The number of nitrogens with zero attached hydrogens (tertiary/aromatic N) is 2. The number of nitrogens with one attached hydrogen (secondary N) is 2. The summed E-state index contributed by atoms with van der Waals surface area (Å²) in [7, 11) is 5.72. The fraction of sp³-hybridized carbons (Fsp3) is 0.238. The van der Waals surface area contributed by atoms with Crippen LogP contribution in [0.15, 0.2) is 59.7 Å². The molecule has 2 aromatic rings. The molecule has 0 saturated carbocycles. The molecular weight excluding hydrogens is 427 g/mol. The molecule has 0 amide bonds. The molecule has 156 valence electrons. The van der Waals surface area contributed by atoms with Gasteiger partial charge >= 0.3 is 0 Å². The van der Waals surface area contributed by atoms with Crippen LogP contribution in [0, 0.1) is 0 Å². The molecule has 5 nitrogen and oxygen atoms in total. The minimum Gasteiger partial charge on any atom is -0.497 e. The van der Waals surface area contributed by atoms with Crippen molar-refractivity contribution in [1.82, 2.24) is 10.3 Å². The van der Waals surface area contributed by atoms with Gasteiger partial charge in [0, 0.05) is 23.7 Å². The highest BCUT2D eigenvalue weighted by Gasteiger charge is 2.01. The first-order valence-electron chi connectivity index (χ1n) is 8.82. The summed E-state index contributed by atoms with van der Waals surface area (Å²) in [6.07, 6.45) is 4.80. The molecule has 0 spiro atoms. The standard InChI is InChI=1S/C21H25ClN4OS.ClH/c1-26(2)15-14-19(9-4-16-5-12-20(27-3)13-6-16)24-25-21(28)23-18-10-7-17(22)8-11-18;/h4-13H,14-15H2,1-3H3,(H2,23,25,28);1H/b9-4+,24-19-;. The third-order valence-electron chi connectivity index (χ3n) is 3.80. The van der Waals surface area contributed by atoms with Gasteiger partial charge in [0.2, 0.25) is 0 Å². The van der Waals surface area contributed by atoms with Crippen molar-refractivity contribution in [3.8, 4) is 5.75 Å². The van der Waals surface area contributed by atoms with Gasteiger partial charge in [-0.05, 0) is 74.4 Å². The summed E-state index contributed by atoms with van der Waals surface area (Å²) >= 11 is 11.2. The lowest BCUT2D eigenvalue weighted by Gasteiger charge is -2.11. The van der Waals surface area contributed by atoms with Gasteiger partial charge in [0.1, 0.15) is 5.75 Å². The smallest absolute Gasteiger partial charge is 0.191 e. The predicted molar refractivity (Wildman–Crippen MR) is 131 cm³/mol. The van der Waals surface area contributed by atoms with Crippen LogP contribution < -0.4 is 15.5 Å². The SMILES string of the molecule is COc1ccc(/C=C/C(CCN(C)C)=N/NC(=S)Nc2ccc(Cl)cc2)cc1.Cl. The molecule has 0 atom stereocenters. The highest BCUT2D eigenvalue weighted by atomic mass is 35.5. The average molecular weight is 453 g/mol. The quantitative estimate of drug-likeness (QED) is 0.332. The maximum atomic E-state index is 5.90. The fourth-order valence-corrected chi connectivity index (χ4v) is 2.53. The van der Waals surface area contributed by atoms with E-state index in [2.05, 4.69) is 20.7 Å². The molecule has 0 bridgehead atoms. The topological polar surface area (TPSA) is 48.9 Å². The van der Waals surface area contributed by atoms with Crippen LogP contribution in [0.4, 0.5) is 5.69 Å². The first-order chi connectivity index (χ1) is 13.5. The highest BCUT2D eigenvalue weighted by molar-refractivity contribution is 7.80. The second kappa shape index (κ2) is 13.2. The molecule has 0 unspecified atom stereocenters. The predicted octanol–water partition coefficient (Wildman–Crippen LogP) is 5.08. The molecule has 0 aromatic heterocycles. The Labute approximate surface area is 189 Å². The summed E-state index contributed by atoms with van der Waals surface area (Å²) in [6.45, 7) is 0.880. The van der Waals surface area contributed by atoms with Crippen molar-refractivity contribution in [3.63, 3.8) is 0 Å². The number of thiocarbonyl (C=S) groups is 1. The van der Waals surface area contributed by atoms with Crippen LogP contribution in [0.5, 0.6) is 5.75 Å². The summed E-state index contributed by atoms with van der Waals surface area (Å²) in [5, 5.41) is 8.64. The van der Waals surface area contributed by atoms with Crippen LogP contribution in [0.2, 0.25) is 5.02 Å². The number of methoxy groups -OCH3 is 1. The first kappa shape index (κ1) is 24.9. The largest absolute Gasteiger partial charge is 0.497 e. The van der Waals surface area contributed by atoms with Crippen LogP contribution in [0.25, 0.3) is 6.08 Å². The van der Waals surface area contributed by atoms with E-state index in [4.69, 9.17) is 28.6 Å². The molecular formula is C21H26Cl2N4OS. The Bertz CT molecular complexity index is 822. The molecule has 0 heterocycles. The van der Waals surface area contributed by atoms with Crippen LogP contribution >= 0.6 is 36.2 Å². The Morgan fingerprint density at radius 2 is 1.79 bits per heavy atom. The van der Waals surface area contributed by atoms with E-state index < -0.39 is 0 Å². The van der Waals surface area contributed by atoms with Crippen molar-refractivity contribution < 1.29 is 4.74 Å². The normalized spacial score (nSPS) is 11.3. The molecule has 0 fully saturated rings. The second-order valence-corrected chi connectivity index (χ2v) is 7.18. The van der Waals surface area contributed by atoms with E-state index in [1.54, 1.807) is 19.2 Å². The van der Waals surface area contributed by atoms with Crippen molar-refractivity contribution in [3.05, 3.63) is 65.2 Å². The number of rotatable bonds is 8. The van der Waals surface area contributed by atoms with Gasteiger partial charge in [0.15, 0.2) is 5.11 Å². The number of allylic oxidation sites excluding steroid dienone is 1. The molecule has 0 aliphatic heterocycles. The zero-order valence-corrected chi connectivity index (χ0v) is 19.1. The van der Waals surface area contributed by atoms with Gasteiger partial charge in [-0.25, -0.2) is 0 Å². The minimum atomic E-state index is 0. The Hall–Kier alpha value is -2.12. The molecule has 2 N–H and O–H groups in total. The van der Waals surface area contributed by atoms with Crippen LogP contribution in [0.1, 0.15) is 12.0 Å². The van der Waals surface area contributed by atoms with E-state index in [1.165, 1.54) is 0 Å². The van der Waals surface area contributed by atoms with Gasteiger partial charge < -0.3 is 15.0 Å². The van der Waals surface area contributed by atoms with Crippen molar-refractivity contribution in [1.29, 1.82) is 0 Å². The fourth-order valence-electron chi connectivity index (χ4n) is 2.24. The van der Waals surface area contributed by atoms with E-state index in [-0.39, 0.29) is 12.4 Å². The van der Waals surface area contributed by atoms with Gasteiger partial charge in [0.25, 0.3) is 0 Å². The molecule has 0 radical (unpaired) electrons. The monoisotopic (exact) mass is 452 g/mol. The van der Waals surface area contributed by atoms with E-state index >= 15 is 0 Å². The number of hydrazone groups is 1. The third-order valence-corrected chi connectivity index (χ3v) is 4.25. The number of halogens is 2. The Morgan fingerprint density at radius 1 is 1.14 bits per heavy atom. The number of ether oxygens (including phenoxy) is 1. The van der Waals surface area contributed by atoms with Crippen molar-refractivity contribution in [2.24, 2.45) is 5.10 Å². The van der Waals surface area contributed by atoms with Gasteiger partial charge in [-0.1, -0.05) is 29.8 Å². The third kappa shape index (κ3) is 9.76. The maximum absolute atomic E-state index is 5.90. The Morgan fingerprint density at radius 3 is 2.38 bits per heavy atom. The molecule has 0 aliphatic rings. The number of benzene rings is 2. The summed E-state index contributed by atoms with van der Waals surface area (Å²) in [6, 6.07) is 15.2. The van der Waals surface area contributed by atoms with E-state index in [9.17, 15) is 0 Å². The number of hydrogen-bond donors (Lipinski definition) is 2. The van der Waals surface area contributed by atoms with Crippen LogP contribution in [-0.2, 0) is 0 Å². The number of anilines is 1. The second-order valence-electron chi connectivity index (χ2n) is 6.34. The Balaban J connectivity index is 0.00000420. The van der Waals surface area contributed by atoms with Gasteiger partial charge in [-0.15, -0.1) is 12.4 Å². The molecule has 0 saturated heterocycles. The van der Waals surface area contributed by atoms with E-state index in [0.29, 0.717) is 10.1 Å². The summed E-state index contributed by atoms with van der Waals surface area (Å²) < 4.78 is 5.19. The van der Waals surface area contributed by atoms with Gasteiger partial charge in [0.05, 0.1) is 12.8 Å². The van der Waals surface area contributed by atoms with Gasteiger partial charge in [-0.2, -0.15) is 5.10 Å². The minimum absolute atomic E-state index is 0. The summed E-state index contributed by atoms with van der Waals surface area (Å²) in [4.78, 5) is 2.11. The van der Waals surface area contributed by atoms with Crippen LogP contribution in [-0.4, -0.2) is 43.5 Å². The summed E-state index contributed by atoms with van der Waals surface area (Å²) in [5.74, 6) is 0.832. The molecule has 2 aromatic carbocycles. The van der Waals surface area contributed by atoms with Crippen LogP contribution in [0.3, 0.4) is 0 Å². The number of hydrogen-bond acceptors (Lipinski definition) is 4. The maximum Gasteiger partial charge on any atom is 0.191 e. The zero-order valence-electron chi connectivity index (χ0n) is 16.7. The van der Waals surface area contributed by atoms with Gasteiger partial charge in [-0.3, -0.25) is 5.43 Å². The van der Waals surface area contributed by atoms with Crippen molar-refractivity contribution >= 4 is 58.8 Å². The molecule has 29 heavy (non-hydrogen) atoms. The molecule has 0 aliphatic carbocycles.